The Kier molecular flexibility index (Phi) is 13.7. The van der Waals surface area contributed by atoms with Gasteiger partial charge < -0.3 is 30.1 Å². The summed E-state index contributed by atoms with van der Waals surface area (Å²) in [6, 6.07) is 0. The summed E-state index contributed by atoms with van der Waals surface area (Å²) in [6.45, 7) is 3.84. The van der Waals surface area contributed by atoms with Crippen molar-refractivity contribution in [2.75, 3.05) is 33.5 Å². The van der Waals surface area contributed by atoms with Crippen LogP contribution < -0.4 is 5.32 Å². The van der Waals surface area contributed by atoms with Crippen molar-refractivity contribution < 1.29 is 29.6 Å². The number of ether oxygens (including phenoxy) is 2. The minimum absolute atomic E-state index is 0.113. The zero-order valence-corrected chi connectivity index (χ0v) is 17.6. The summed E-state index contributed by atoms with van der Waals surface area (Å²) in [5.41, 5.74) is 0. The van der Waals surface area contributed by atoms with Gasteiger partial charge in [0.25, 0.3) is 0 Å². The molecular formula is C21H41NO6. The maximum Gasteiger partial charge on any atom is 0.219 e. The van der Waals surface area contributed by atoms with Gasteiger partial charge in [-0.25, -0.2) is 0 Å². The first-order valence-electron chi connectivity index (χ1n) is 10.9. The molecule has 0 aromatic rings. The van der Waals surface area contributed by atoms with Gasteiger partial charge in [0.15, 0.2) is 0 Å². The Bertz CT molecular complexity index is 406. The van der Waals surface area contributed by atoms with Gasteiger partial charge in [-0.3, -0.25) is 4.79 Å². The van der Waals surface area contributed by atoms with E-state index in [0.717, 1.165) is 58.1 Å². The first kappa shape index (κ1) is 25.3. The van der Waals surface area contributed by atoms with Crippen LogP contribution in [0, 0.1) is 11.8 Å². The number of methoxy groups -OCH3 is 1. The molecule has 1 rings (SSSR count). The van der Waals surface area contributed by atoms with Crippen molar-refractivity contribution in [1.29, 1.82) is 0 Å². The predicted octanol–water partition coefficient (Wildman–Crippen LogP) is 1.63. The second-order valence-corrected chi connectivity index (χ2v) is 8.00. The maximum atomic E-state index is 11.8. The summed E-state index contributed by atoms with van der Waals surface area (Å²) in [5, 5.41) is 32.3. The van der Waals surface area contributed by atoms with Crippen LogP contribution in [0.3, 0.4) is 0 Å². The van der Waals surface area contributed by atoms with Crippen LogP contribution in [0.5, 0.6) is 0 Å². The molecule has 0 saturated heterocycles. The van der Waals surface area contributed by atoms with Gasteiger partial charge in [-0.1, -0.05) is 26.2 Å². The molecular weight excluding hydrogens is 362 g/mol. The minimum atomic E-state index is -0.885. The lowest BCUT2D eigenvalue weighted by Crippen LogP contribution is -2.50. The number of amides is 1. The molecule has 1 fully saturated rings. The van der Waals surface area contributed by atoms with E-state index in [1.54, 1.807) is 7.11 Å². The Morgan fingerprint density at radius 1 is 1.00 bits per heavy atom. The van der Waals surface area contributed by atoms with Crippen LogP contribution in [0.15, 0.2) is 0 Å². The van der Waals surface area contributed by atoms with Crippen molar-refractivity contribution in [3.8, 4) is 0 Å². The van der Waals surface area contributed by atoms with Gasteiger partial charge in [0.2, 0.25) is 5.91 Å². The van der Waals surface area contributed by atoms with E-state index in [2.05, 4.69) is 5.32 Å². The average molecular weight is 404 g/mol. The van der Waals surface area contributed by atoms with Crippen molar-refractivity contribution in [3.05, 3.63) is 0 Å². The topological polar surface area (TPSA) is 108 Å². The third-order valence-corrected chi connectivity index (χ3v) is 5.71. The second kappa shape index (κ2) is 15.2. The molecule has 0 aromatic carbocycles. The highest BCUT2D eigenvalue weighted by molar-refractivity contribution is 5.75. The number of aliphatic hydroxyl groups excluding tert-OH is 3. The van der Waals surface area contributed by atoms with Gasteiger partial charge in [-0.15, -0.1) is 0 Å². The smallest absolute Gasteiger partial charge is 0.219 e. The van der Waals surface area contributed by atoms with E-state index >= 15 is 0 Å². The van der Waals surface area contributed by atoms with Gasteiger partial charge >= 0.3 is 0 Å². The third kappa shape index (κ3) is 9.65. The van der Waals surface area contributed by atoms with Crippen LogP contribution in [-0.2, 0) is 14.3 Å². The number of hydrogen-bond acceptors (Lipinski definition) is 6. The number of nitrogens with one attached hydrogen (secondary N) is 1. The first-order valence-corrected chi connectivity index (χ1v) is 10.9. The number of carbonyl (C=O) groups excluding carboxylic acids is 1. The molecule has 0 radical (unpaired) electrons. The number of rotatable bonds is 15. The molecule has 28 heavy (non-hydrogen) atoms. The molecule has 0 aliphatic heterocycles. The van der Waals surface area contributed by atoms with Crippen LogP contribution in [0.2, 0.25) is 0 Å². The molecule has 7 heteroatoms. The van der Waals surface area contributed by atoms with Gasteiger partial charge in [0, 0.05) is 51.7 Å². The first-order chi connectivity index (χ1) is 13.5. The zero-order valence-electron chi connectivity index (χ0n) is 17.6. The molecule has 0 bridgehead atoms. The van der Waals surface area contributed by atoms with E-state index in [4.69, 9.17) is 9.47 Å². The molecule has 2 unspecified atom stereocenters. The fourth-order valence-electron chi connectivity index (χ4n) is 3.70. The Morgan fingerprint density at radius 2 is 1.68 bits per heavy atom. The van der Waals surface area contributed by atoms with E-state index in [-0.39, 0.29) is 30.5 Å². The highest BCUT2D eigenvalue weighted by Gasteiger charge is 2.41. The highest BCUT2D eigenvalue weighted by Crippen LogP contribution is 2.31. The summed E-state index contributed by atoms with van der Waals surface area (Å²) in [7, 11) is 1.71. The standard InChI is InChI=1S/C21H41NO6/c1-16-18(14-17(15-23)21(26)20(16)25)28-13-9-5-6-10-19(24)22-11-7-3-4-8-12-27-2/h16-18,20-21,23,25-26H,3-15H2,1-2H3,(H,22,24)/t16?,17?,18-,20-,21+/m1/s1. The Balaban J connectivity index is 2.01. The van der Waals surface area contributed by atoms with Gasteiger partial charge in [-0.05, 0) is 32.1 Å². The summed E-state index contributed by atoms with van der Waals surface area (Å²) < 4.78 is 10.9. The molecule has 1 amide bonds. The van der Waals surface area contributed by atoms with E-state index in [1.165, 1.54) is 0 Å². The Morgan fingerprint density at radius 3 is 2.39 bits per heavy atom. The molecule has 166 valence electrons. The van der Waals surface area contributed by atoms with Gasteiger partial charge in [0.1, 0.15) is 0 Å². The fraction of sp³-hybridized carbons (Fsp3) is 0.952. The van der Waals surface area contributed by atoms with E-state index in [1.807, 2.05) is 6.92 Å². The maximum absolute atomic E-state index is 11.8. The molecule has 0 aromatic heterocycles. The summed E-state index contributed by atoms with van der Waals surface area (Å²) >= 11 is 0. The molecule has 5 atom stereocenters. The second-order valence-electron chi connectivity index (χ2n) is 8.00. The Hall–Kier alpha value is -0.730. The minimum Gasteiger partial charge on any atom is -0.396 e. The summed E-state index contributed by atoms with van der Waals surface area (Å²) in [6.07, 6.45) is 6.16. The van der Waals surface area contributed by atoms with Crippen LogP contribution in [0.4, 0.5) is 0 Å². The van der Waals surface area contributed by atoms with Crippen LogP contribution in [-0.4, -0.2) is 73.0 Å². The number of carbonyl (C=O) groups is 1. The zero-order chi connectivity index (χ0) is 20.8. The SMILES string of the molecule is COCCCCCCNC(=O)CCCCCO[C@@H]1CC(CO)[C@H](O)[C@H](O)C1C. The van der Waals surface area contributed by atoms with Crippen LogP contribution in [0.1, 0.15) is 64.7 Å². The van der Waals surface area contributed by atoms with Crippen molar-refractivity contribution >= 4 is 5.91 Å². The third-order valence-electron chi connectivity index (χ3n) is 5.71. The molecule has 0 heterocycles. The lowest BCUT2D eigenvalue weighted by molar-refractivity contribution is -0.144. The lowest BCUT2D eigenvalue weighted by atomic mass is 9.77. The van der Waals surface area contributed by atoms with E-state index in [0.29, 0.717) is 19.4 Å². The largest absolute Gasteiger partial charge is 0.396 e. The molecule has 1 aliphatic carbocycles. The summed E-state index contributed by atoms with van der Waals surface area (Å²) in [5.74, 6) is -0.375. The van der Waals surface area contributed by atoms with Crippen molar-refractivity contribution in [2.45, 2.75) is 83.0 Å². The van der Waals surface area contributed by atoms with Gasteiger partial charge in [-0.2, -0.15) is 0 Å². The number of unbranched alkanes of at least 4 members (excludes halogenated alkanes) is 5. The molecule has 4 N–H and O–H groups in total. The summed E-state index contributed by atoms with van der Waals surface area (Å²) in [4.78, 5) is 11.8. The quantitative estimate of drug-likeness (QED) is 0.310. The van der Waals surface area contributed by atoms with E-state index < -0.39 is 12.2 Å². The highest BCUT2D eigenvalue weighted by atomic mass is 16.5. The lowest BCUT2D eigenvalue weighted by Gasteiger charge is -2.40. The molecule has 7 nitrogen and oxygen atoms in total. The van der Waals surface area contributed by atoms with Crippen molar-refractivity contribution in [1.82, 2.24) is 5.32 Å². The Labute approximate surface area is 169 Å². The van der Waals surface area contributed by atoms with Crippen LogP contribution in [0.25, 0.3) is 0 Å². The molecule has 0 spiro atoms. The number of hydrogen-bond donors (Lipinski definition) is 4. The average Bonchev–Trinajstić information content (AvgIpc) is 2.69. The van der Waals surface area contributed by atoms with Crippen molar-refractivity contribution in [2.24, 2.45) is 11.8 Å². The monoisotopic (exact) mass is 403 g/mol. The normalized spacial score (nSPS) is 27.7. The fourth-order valence-corrected chi connectivity index (χ4v) is 3.70. The molecule has 1 saturated carbocycles. The van der Waals surface area contributed by atoms with Crippen LogP contribution >= 0.6 is 0 Å². The number of aliphatic hydroxyl groups is 3. The van der Waals surface area contributed by atoms with Gasteiger partial charge in [0.05, 0.1) is 18.3 Å². The molecule has 1 aliphatic rings. The predicted molar refractivity (Wildman–Crippen MR) is 108 cm³/mol. The van der Waals surface area contributed by atoms with E-state index in [9.17, 15) is 20.1 Å². The van der Waals surface area contributed by atoms with Crippen molar-refractivity contribution in [3.63, 3.8) is 0 Å².